The van der Waals surface area contributed by atoms with Gasteiger partial charge in [0, 0.05) is 19.1 Å². The van der Waals surface area contributed by atoms with Crippen molar-refractivity contribution in [1.82, 2.24) is 4.90 Å². The predicted molar refractivity (Wildman–Crippen MR) is 53.7 cm³/mol. The van der Waals surface area contributed by atoms with Crippen molar-refractivity contribution in [3.63, 3.8) is 0 Å². The highest BCUT2D eigenvalue weighted by Crippen LogP contribution is 2.29. The third-order valence-electron chi connectivity index (χ3n) is 2.76. The number of rotatable bonds is 2. The average molecular weight is 205 g/mol. The minimum Gasteiger partial charge on any atom is -0.368 e. The number of nitrogens with two attached hydrogens (primary N) is 1. The van der Waals surface area contributed by atoms with Gasteiger partial charge in [0.05, 0.1) is 0 Å². The Hall–Kier alpha value is -0.280. The largest absolute Gasteiger partial charge is 0.368 e. The van der Waals surface area contributed by atoms with E-state index in [1.807, 2.05) is 0 Å². The van der Waals surface area contributed by atoms with Crippen LogP contribution in [-0.4, -0.2) is 34.8 Å². The lowest BCUT2D eigenvalue weighted by Crippen LogP contribution is -2.50. The van der Waals surface area contributed by atoms with E-state index in [0.29, 0.717) is 18.9 Å². The quantitative estimate of drug-likeness (QED) is 0.681. The van der Waals surface area contributed by atoms with Crippen molar-refractivity contribution >= 4 is 17.5 Å². The smallest absolute Gasteiger partial charge is 0.238 e. The van der Waals surface area contributed by atoms with Crippen LogP contribution in [0.5, 0.6) is 0 Å². The molecule has 2 N–H and O–H groups in total. The summed E-state index contributed by atoms with van der Waals surface area (Å²) in [6.07, 6.45) is 1.34. The van der Waals surface area contributed by atoms with E-state index >= 15 is 0 Å². The van der Waals surface area contributed by atoms with Crippen molar-refractivity contribution in [1.29, 1.82) is 0 Å². The van der Waals surface area contributed by atoms with Crippen LogP contribution in [0.1, 0.15) is 26.7 Å². The molecule has 1 aliphatic heterocycles. The highest BCUT2D eigenvalue weighted by molar-refractivity contribution is 6.34. The van der Waals surface area contributed by atoms with Gasteiger partial charge in [0.2, 0.25) is 5.91 Å². The molecule has 76 valence electrons. The van der Waals surface area contributed by atoms with Crippen LogP contribution in [0.2, 0.25) is 0 Å². The second-order valence-electron chi connectivity index (χ2n) is 3.96. The number of alkyl halides is 1. The molecule has 4 heteroatoms. The molecule has 0 unspecified atom stereocenters. The van der Waals surface area contributed by atoms with Crippen LogP contribution in [0.25, 0.3) is 0 Å². The highest BCUT2D eigenvalue weighted by Gasteiger charge is 2.38. The Morgan fingerprint density at radius 1 is 1.46 bits per heavy atom. The number of carbonyl (C=O) groups is 1. The van der Waals surface area contributed by atoms with E-state index < -0.39 is 4.87 Å². The van der Waals surface area contributed by atoms with Crippen LogP contribution in [0.4, 0.5) is 0 Å². The lowest BCUT2D eigenvalue weighted by Gasteiger charge is -2.37. The third-order valence-corrected chi connectivity index (χ3v) is 3.33. The van der Waals surface area contributed by atoms with Gasteiger partial charge >= 0.3 is 0 Å². The van der Waals surface area contributed by atoms with E-state index in [0.717, 1.165) is 13.1 Å². The molecule has 0 aromatic carbocycles. The zero-order valence-electron chi connectivity index (χ0n) is 8.22. The van der Waals surface area contributed by atoms with Gasteiger partial charge < -0.3 is 10.6 Å². The monoisotopic (exact) mass is 204 g/mol. The Bertz CT molecular complexity index is 198. The molecule has 1 fully saturated rings. The molecule has 1 aliphatic rings. The predicted octanol–water partition coefficient (Wildman–Crippen LogP) is 0.953. The topological polar surface area (TPSA) is 46.3 Å². The molecular weight excluding hydrogens is 188 g/mol. The van der Waals surface area contributed by atoms with Crippen molar-refractivity contribution in [2.24, 2.45) is 5.73 Å². The first-order chi connectivity index (χ1) is 5.96. The molecule has 0 bridgehead atoms. The van der Waals surface area contributed by atoms with Crippen molar-refractivity contribution in [3.8, 4) is 0 Å². The maximum atomic E-state index is 11.0. The number of hydrogen-bond acceptors (Lipinski definition) is 2. The van der Waals surface area contributed by atoms with Crippen LogP contribution in [0, 0.1) is 0 Å². The molecular formula is C9H17ClN2O. The van der Waals surface area contributed by atoms with Gasteiger partial charge in [-0.3, -0.25) is 4.79 Å². The number of primary amides is 1. The van der Waals surface area contributed by atoms with Gasteiger partial charge in [0.25, 0.3) is 0 Å². The van der Waals surface area contributed by atoms with Crippen LogP contribution >= 0.6 is 11.6 Å². The maximum absolute atomic E-state index is 11.0. The first kappa shape index (κ1) is 10.8. The summed E-state index contributed by atoms with van der Waals surface area (Å²) in [6, 6.07) is 0.522. The Labute approximate surface area is 84.2 Å². The van der Waals surface area contributed by atoms with Crippen LogP contribution in [0.15, 0.2) is 0 Å². The van der Waals surface area contributed by atoms with E-state index in [9.17, 15) is 4.79 Å². The number of hydrogen-bond donors (Lipinski definition) is 1. The molecule has 1 amide bonds. The van der Waals surface area contributed by atoms with E-state index in [1.54, 1.807) is 0 Å². The molecule has 0 aromatic heterocycles. The summed E-state index contributed by atoms with van der Waals surface area (Å²) in [5.41, 5.74) is 5.23. The van der Waals surface area contributed by atoms with Crippen molar-refractivity contribution in [2.75, 3.05) is 13.1 Å². The molecule has 0 aliphatic carbocycles. The zero-order valence-corrected chi connectivity index (χ0v) is 8.97. The van der Waals surface area contributed by atoms with Gasteiger partial charge in [-0.05, 0) is 26.7 Å². The first-order valence-corrected chi connectivity index (χ1v) is 5.06. The standard InChI is InChI=1S/C9H17ClN2O/c1-7(2)12-5-3-9(10,4-6-12)8(11)13/h7H,3-6H2,1-2H3,(H2,11,13). The molecule has 0 aromatic rings. The van der Waals surface area contributed by atoms with Gasteiger partial charge in [-0.25, -0.2) is 0 Å². The fourth-order valence-corrected chi connectivity index (χ4v) is 1.81. The summed E-state index contributed by atoms with van der Waals surface area (Å²) in [5.74, 6) is -0.377. The first-order valence-electron chi connectivity index (χ1n) is 4.68. The number of amides is 1. The van der Waals surface area contributed by atoms with Crippen LogP contribution in [-0.2, 0) is 4.79 Å². The molecule has 1 heterocycles. The number of halogens is 1. The normalized spacial score (nSPS) is 23.4. The van der Waals surface area contributed by atoms with Crippen LogP contribution < -0.4 is 5.73 Å². The summed E-state index contributed by atoms with van der Waals surface area (Å²) in [7, 11) is 0. The number of carbonyl (C=O) groups excluding carboxylic acids is 1. The zero-order chi connectivity index (χ0) is 10.1. The Balaban J connectivity index is 2.51. The minimum atomic E-state index is -0.786. The number of likely N-dealkylation sites (tertiary alicyclic amines) is 1. The fourth-order valence-electron chi connectivity index (χ4n) is 1.64. The molecule has 0 saturated carbocycles. The van der Waals surface area contributed by atoms with Crippen molar-refractivity contribution in [2.45, 2.75) is 37.6 Å². The van der Waals surface area contributed by atoms with Gasteiger partial charge in [-0.1, -0.05) is 0 Å². The summed E-state index contributed by atoms with van der Waals surface area (Å²) >= 11 is 6.08. The minimum absolute atomic E-state index is 0.377. The SMILES string of the molecule is CC(C)N1CCC(Cl)(C(N)=O)CC1. The summed E-state index contributed by atoms with van der Waals surface area (Å²) in [4.78, 5) is 12.5. The van der Waals surface area contributed by atoms with Gasteiger partial charge in [0.15, 0.2) is 0 Å². The molecule has 0 spiro atoms. The van der Waals surface area contributed by atoms with E-state index in [1.165, 1.54) is 0 Å². The Morgan fingerprint density at radius 3 is 2.23 bits per heavy atom. The molecule has 1 saturated heterocycles. The third kappa shape index (κ3) is 2.35. The van der Waals surface area contributed by atoms with Gasteiger partial charge in [-0.2, -0.15) is 0 Å². The Morgan fingerprint density at radius 2 is 1.92 bits per heavy atom. The second-order valence-corrected chi connectivity index (χ2v) is 4.68. The van der Waals surface area contributed by atoms with E-state index in [4.69, 9.17) is 17.3 Å². The van der Waals surface area contributed by atoms with E-state index in [-0.39, 0.29) is 5.91 Å². The molecule has 3 nitrogen and oxygen atoms in total. The maximum Gasteiger partial charge on any atom is 0.238 e. The summed E-state index contributed by atoms with van der Waals surface area (Å²) in [5, 5.41) is 0. The molecule has 0 radical (unpaired) electrons. The summed E-state index contributed by atoms with van der Waals surface area (Å²) < 4.78 is 0. The van der Waals surface area contributed by atoms with Crippen LogP contribution in [0.3, 0.4) is 0 Å². The lowest BCUT2D eigenvalue weighted by molar-refractivity contribution is -0.121. The molecule has 13 heavy (non-hydrogen) atoms. The van der Waals surface area contributed by atoms with Crippen molar-refractivity contribution < 1.29 is 4.79 Å². The fraction of sp³-hybridized carbons (Fsp3) is 0.889. The highest BCUT2D eigenvalue weighted by atomic mass is 35.5. The van der Waals surface area contributed by atoms with Crippen molar-refractivity contribution in [3.05, 3.63) is 0 Å². The number of nitrogens with zero attached hydrogens (tertiary/aromatic N) is 1. The van der Waals surface area contributed by atoms with Gasteiger partial charge in [0.1, 0.15) is 4.87 Å². The molecule has 0 atom stereocenters. The Kier molecular flexibility index (Phi) is 3.19. The lowest BCUT2D eigenvalue weighted by atomic mass is 9.94. The number of piperidine rings is 1. The van der Waals surface area contributed by atoms with Gasteiger partial charge in [-0.15, -0.1) is 11.6 Å². The second kappa shape index (κ2) is 3.84. The van der Waals surface area contributed by atoms with E-state index in [2.05, 4.69) is 18.7 Å². The molecule has 1 rings (SSSR count). The average Bonchev–Trinajstić information content (AvgIpc) is 2.04. The summed E-state index contributed by atoms with van der Waals surface area (Å²) in [6.45, 7) is 6.02.